The van der Waals surface area contributed by atoms with Crippen LogP contribution in [0.4, 0.5) is 0 Å². The summed E-state index contributed by atoms with van der Waals surface area (Å²) in [6, 6.07) is -2.62. The summed E-state index contributed by atoms with van der Waals surface area (Å²) in [5.41, 5.74) is 0. The van der Waals surface area contributed by atoms with Gasteiger partial charge in [-0.1, -0.05) is 212 Å². The number of aliphatic carboxylic acids is 1. The van der Waals surface area contributed by atoms with Crippen LogP contribution in [-0.4, -0.2) is 215 Å². The van der Waals surface area contributed by atoms with Gasteiger partial charge in [-0.15, -0.1) is 0 Å². The molecule has 0 spiro atoms. The number of nitrogens with one attached hydrogen (secondary N) is 2. The smallest absolute Gasteiger partial charge is 0.364 e. The number of carboxylic acid groups (broad SMARTS) is 1. The summed E-state index contributed by atoms with van der Waals surface area (Å²) in [5, 5.41) is 136. The highest BCUT2D eigenvalue weighted by molar-refractivity contribution is 5.77. The summed E-state index contributed by atoms with van der Waals surface area (Å²) in [6.07, 6.45) is 19.4. The van der Waals surface area contributed by atoms with Crippen molar-refractivity contribution in [3.05, 3.63) is 24.3 Å². The first-order valence-corrected chi connectivity index (χ1v) is 35.2. The average molecular weight is 1310 g/mol. The predicted octanol–water partition coefficient (Wildman–Crippen LogP) is 6.45. The Morgan fingerprint density at radius 3 is 1.49 bits per heavy atom. The second-order valence-corrected chi connectivity index (χ2v) is 25.7. The number of unbranched alkanes of at least 4 members (excludes halogenated alkanes) is 31. The Morgan fingerprint density at radius 2 is 1.03 bits per heavy atom. The van der Waals surface area contributed by atoms with Gasteiger partial charge in [0.1, 0.15) is 67.1 Å². The van der Waals surface area contributed by atoms with Crippen molar-refractivity contribution in [2.24, 2.45) is 0 Å². The zero-order chi connectivity index (χ0) is 66.8. The lowest BCUT2D eigenvalue weighted by molar-refractivity contribution is -0.386. The van der Waals surface area contributed by atoms with E-state index in [2.05, 4.69) is 36.6 Å². The Balaban J connectivity index is 1.58. The highest BCUT2D eigenvalue weighted by atomic mass is 16.8. The first-order valence-electron chi connectivity index (χ1n) is 35.2. The second-order valence-electron chi connectivity index (χ2n) is 25.7. The lowest BCUT2D eigenvalue weighted by Gasteiger charge is -2.50. The van der Waals surface area contributed by atoms with Gasteiger partial charge in [0.2, 0.25) is 11.8 Å². The maximum absolute atomic E-state index is 13.5. The van der Waals surface area contributed by atoms with E-state index in [0.717, 1.165) is 77.6 Å². The number of hydrogen-bond donors (Lipinski definition) is 14. The van der Waals surface area contributed by atoms with Crippen LogP contribution in [-0.2, 0) is 42.8 Å². The minimum atomic E-state index is -3.08. The molecule has 3 rings (SSSR count). The summed E-state index contributed by atoms with van der Waals surface area (Å²) in [7, 11) is 0. The van der Waals surface area contributed by atoms with Crippen molar-refractivity contribution in [2.75, 3.05) is 26.4 Å². The third kappa shape index (κ3) is 31.3. The van der Waals surface area contributed by atoms with Crippen LogP contribution in [0.15, 0.2) is 24.3 Å². The molecule has 0 aliphatic carbocycles. The van der Waals surface area contributed by atoms with E-state index in [1.54, 1.807) is 6.08 Å². The molecule has 0 saturated carbocycles. The topological polar surface area (TPSA) is 373 Å². The van der Waals surface area contributed by atoms with Crippen molar-refractivity contribution >= 4 is 17.8 Å². The van der Waals surface area contributed by atoms with E-state index in [0.29, 0.717) is 12.8 Å². The van der Waals surface area contributed by atoms with Crippen LogP contribution in [0, 0.1) is 0 Å². The number of ether oxygens (including phenoxy) is 6. The van der Waals surface area contributed by atoms with Crippen LogP contribution in [0.5, 0.6) is 0 Å². The number of aliphatic hydroxyl groups is 11. The Kier molecular flexibility index (Phi) is 44.2. The third-order valence-corrected chi connectivity index (χ3v) is 17.9. The highest BCUT2D eigenvalue weighted by Crippen LogP contribution is 2.39. The number of carboxylic acids is 1. The maximum atomic E-state index is 13.5. The summed E-state index contributed by atoms with van der Waals surface area (Å²) >= 11 is 0. The number of rotatable bonds is 53. The van der Waals surface area contributed by atoms with Gasteiger partial charge < -0.3 is 100 Å². The van der Waals surface area contributed by atoms with Crippen molar-refractivity contribution in [1.82, 2.24) is 10.6 Å². The molecule has 14 N–H and O–H groups in total. The van der Waals surface area contributed by atoms with Gasteiger partial charge in [-0.25, -0.2) is 4.79 Å². The Labute approximate surface area is 543 Å². The molecule has 18 atom stereocenters. The minimum Gasteiger partial charge on any atom is -0.477 e. The van der Waals surface area contributed by atoms with Crippen LogP contribution in [0.25, 0.3) is 0 Å². The molecule has 3 aliphatic heterocycles. The minimum absolute atomic E-state index is 0.196. The van der Waals surface area contributed by atoms with E-state index in [1.165, 1.54) is 135 Å². The summed E-state index contributed by atoms with van der Waals surface area (Å²) in [5.74, 6) is -6.15. The fourth-order valence-electron chi connectivity index (χ4n) is 12.2. The zero-order valence-corrected chi connectivity index (χ0v) is 55.4. The number of hydrogen-bond acceptors (Lipinski definition) is 20. The Morgan fingerprint density at radius 1 is 0.571 bits per heavy atom. The molecular weight excluding hydrogens is 1180 g/mol. The second kappa shape index (κ2) is 48.8. The Hall–Kier alpha value is -2.79. The maximum Gasteiger partial charge on any atom is 0.364 e. The van der Waals surface area contributed by atoms with Crippen molar-refractivity contribution in [1.29, 1.82) is 0 Å². The summed E-state index contributed by atoms with van der Waals surface area (Å²) in [6.45, 7) is 2.13. The van der Waals surface area contributed by atoms with Crippen LogP contribution >= 0.6 is 0 Å². The first kappa shape index (κ1) is 82.4. The van der Waals surface area contributed by atoms with Gasteiger partial charge in [0.05, 0.1) is 50.7 Å². The molecule has 2 amide bonds. The molecule has 3 saturated heterocycles. The molecule has 3 fully saturated rings. The molecule has 532 valence electrons. The van der Waals surface area contributed by atoms with E-state index in [1.807, 2.05) is 6.08 Å². The Bertz CT molecular complexity index is 1940. The quantitative estimate of drug-likeness (QED) is 0.0230. The van der Waals surface area contributed by atoms with Gasteiger partial charge in [0, 0.05) is 19.8 Å². The van der Waals surface area contributed by atoms with Gasteiger partial charge in [-0.3, -0.25) is 9.59 Å². The molecule has 18 unspecified atom stereocenters. The lowest BCUT2D eigenvalue weighted by Crippen LogP contribution is -2.70. The number of carbonyl (C=O) groups excluding carboxylic acids is 2. The largest absolute Gasteiger partial charge is 0.477 e. The van der Waals surface area contributed by atoms with Crippen LogP contribution in [0.2, 0.25) is 0 Å². The highest BCUT2D eigenvalue weighted by Gasteiger charge is 2.60. The molecule has 0 aromatic carbocycles. The molecular formula is C68H124N2O21. The van der Waals surface area contributed by atoms with Gasteiger partial charge in [0.25, 0.3) is 5.79 Å². The zero-order valence-electron chi connectivity index (χ0n) is 55.4. The number of amides is 2. The van der Waals surface area contributed by atoms with Crippen molar-refractivity contribution < 1.29 is 104 Å². The van der Waals surface area contributed by atoms with Crippen LogP contribution in [0.3, 0.4) is 0 Å². The normalized spacial score (nSPS) is 28.5. The van der Waals surface area contributed by atoms with Crippen molar-refractivity contribution in [3.63, 3.8) is 0 Å². The van der Waals surface area contributed by atoms with E-state index in [-0.39, 0.29) is 12.3 Å². The number of aliphatic hydroxyl groups excluding tert-OH is 11. The van der Waals surface area contributed by atoms with Crippen molar-refractivity contribution in [2.45, 2.75) is 362 Å². The summed E-state index contributed by atoms with van der Waals surface area (Å²) < 4.78 is 34.8. The lowest BCUT2D eigenvalue weighted by atomic mass is 9.88. The standard InChI is InChI=1S/C68H124N2O21/c1-4-6-8-10-12-14-16-18-20-21-22-23-24-25-26-27-28-30-32-34-36-38-40-42-55(78)70-49(50(75)41-39-37-35-33-31-29-19-17-15-13-11-9-7-5-2)47-86-65-60(82)59(81)62(54(46-73)88-65)89-66-61(83)64(58(80)53(45-72)87-66)91-68(67(84)85)43-51(76)56(69-48(3)74)63(90-68)57(79)52(77)44-71/h25-26,39,41,49-54,56-66,71-73,75-77,79-83H,4-24,27-38,40,42-47H2,1-3H3,(H,69,74)(H,70,78)(H,84,85)/b26-25-,41-39+. The fraction of sp³-hybridized carbons (Fsp3) is 0.897. The monoisotopic (exact) mass is 1300 g/mol. The van der Waals surface area contributed by atoms with Gasteiger partial charge in [-0.2, -0.15) is 0 Å². The van der Waals surface area contributed by atoms with E-state index >= 15 is 0 Å². The van der Waals surface area contributed by atoms with Gasteiger partial charge in [-0.05, 0) is 44.9 Å². The SMILES string of the molecule is CCCCCCCCCCCCCC/C=C\CCCCCCCCCC(=O)NC(COC1OC(CO)C(OC2OC(CO)C(O)C(OC3(C(=O)O)CC(O)C(NC(C)=O)C(C(O)C(O)CO)O3)C2O)C(O)C1O)C(O)/C=C/CCCCCCCCCCCCCC. The molecule has 23 nitrogen and oxygen atoms in total. The fourth-order valence-corrected chi connectivity index (χ4v) is 12.2. The molecule has 91 heavy (non-hydrogen) atoms. The van der Waals surface area contributed by atoms with E-state index in [4.69, 9.17) is 28.4 Å². The molecule has 3 aliphatic rings. The van der Waals surface area contributed by atoms with Gasteiger partial charge in [0.15, 0.2) is 12.6 Å². The van der Waals surface area contributed by atoms with Crippen LogP contribution in [0.1, 0.15) is 252 Å². The molecule has 0 aromatic rings. The van der Waals surface area contributed by atoms with Crippen LogP contribution < -0.4 is 10.6 Å². The first-order chi connectivity index (χ1) is 43.9. The summed E-state index contributed by atoms with van der Waals surface area (Å²) in [4.78, 5) is 38.5. The van der Waals surface area contributed by atoms with E-state index < -0.39 is 155 Å². The molecule has 0 radical (unpaired) electrons. The molecule has 3 heterocycles. The van der Waals surface area contributed by atoms with E-state index in [9.17, 15) is 75.7 Å². The molecule has 0 aromatic heterocycles. The third-order valence-electron chi connectivity index (χ3n) is 17.9. The number of carbonyl (C=O) groups is 3. The van der Waals surface area contributed by atoms with Crippen molar-refractivity contribution in [3.8, 4) is 0 Å². The van der Waals surface area contributed by atoms with Gasteiger partial charge >= 0.3 is 5.97 Å². The average Bonchev–Trinajstić information content (AvgIpc) is 0.766. The predicted molar refractivity (Wildman–Crippen MR) is 343 cm³/mol. The molecule has 23 heteroatoms. The molecule has 0 bridgehead atoms. The number of allylic oxidation sites excluding steroid dienone is 3.